The van der Waals surface area contributed by atoms with Gasteiger partial charge in [0.2, 0.25) is 5.95 Å². The fourth-order valence-electron chi connectivity index (χ4n) is 3.16. The van der Waals surface area contributed by atoms with E-state index in [4.69, 9.17) is 14.9 Å². The van der Waals surface area contributed by atoms with Crippen molar-refractivity contribution in [3.05, 3.63) is 40.8 Å². The molecule has 0 fully saturated rings. The number of hydrogen-bond acceptors (Lipinski definition) is 7. The number of carboxylic acids is 1. The first-order valence-electron chi connectivity index (χ1n) is 10.3. The lowest BCUT2D eigenvalue weighted by molar-refractivity contribution is -0.192. The van der Waals surface area contributed by atoms with Crippen molar-refractivity contribution >= 4 is 23.6 Å². The molecule has 2 aromatic heterocycles. The first-order chi connectivity index (χ1) is 15.5. The van der Waals surface area contributed by atoms with E-state index in [-0.39, 0.29) is 5.91 Å². The number of amides is 1. The number of nitrogens with zero attached hydrogens (tertiary/aromatic N) is 5. The monoisotopic (exact) mass is 468 g/mol. The number of hydrogen-bond donors (Lipinski definition) is 2. The highest BCUT2D eigenvalue weighted by atomic mass is 19.4. The summed E-state index contributed by atoms with van der Waals surface area (Å²) in [6, 6.07) is 1.99. The molecule has 0 aliphatic carbocycles. The molecule has 0 radical (unpaired) electrons. The van der Waals surface area contributed by atoms with Crippen LogP contribution < -0.4 is 15.1 Å². The second kappa shape index (κ2) is 10.9. The van der Waals surface area contributed by atoms with Gasteiger partial charge in [0.25, 0.3) is 5.91 Å². The van der Waals surface area contributed by atoms with Crippen molar-refractivity contribution in [2.75, 3.05) is 44.0 Å². The molecule has 1 amide bonds. The minimum absolute atomic E-state index is 0.108. The molecule has 0 saturated heterocycles. The van der Waals surface area contributed by atoms with Gasteiger partial charge in [-0.25, -0.2) is 19.7 Å². The smallest absolute Gasteiger partial charge is 0.475 e. The molecule has 0 unspecified atom stereocenters. The highest BCUT2D eigenvalue weighted by Gasteiger charge is 2.38. The minimum Gasteiger partial charge on any atom is -0.475 e. The SMILES string of the molecule is CCc1cnc(N2CCc3cc(C(=O)NC)c(N(C)C)nc3CC2)nc1.O=C(O)C(F)(F)F. The summed E-state index contributed by atoms with van der Waals surface area (Å²) in [6.07, 6.45) is 1.27. The Bertz CT molecular complexity index is 980. The molecule has 2 N–H and O–H groups in total. The lowest BCUT2D eigenvalue weighted by atomic mass is 10.0. The van der Waals surface area contributed by atoms with Crippen LogP contribution in [0.1, 0.15) is 34.1 Å². The quantitative estimate of drug-likeness (QED) is 0.702. The number of nitrogens with one attached hydrogen (secondary N) is 1. The van der Waals surface area contributed by atoms with Gasteiger partial charge in [-0.2, -0.15) is 13.2 Å². The zero-order valence-electron chi connectivity index (χ0n) is 18.9. The molecule has 0 aromatic carbocycles. The van der Waals surface area contributed by atoms with Crippen LogP contribution in [0.15, 0.2) is 18.5 Å². The summed E-state index contributed by atoms with van der Waals surface area (Å²) in [5.74, 6) is -1.40. The van der Waals surface area contributed by atoms with Gasteiger partial charge in [-0.15, -0.1) is 0 Å². The van der Waals surface area contributed by atoms with Crippen LogP contribution in [0.2, 0.25) is 0 Å². The third-order valence-corrected chi connectivity index (χ3v) is 4.96. The highest BCUT2D eigenvalue weighted by molar-refractivity contribution is 5.99. The number of alkyl halides is 3. The van der Waals surface area contributed by atoms with Gasteiger partial charge >= 0.3 is 12.1 Å². The Morgan fingerprint density at radius 2 is 1.76 bits per heavy atom. The van der Waals surface area contributed by atoms with Crippen molar-refractivity contribution < 1.29 is 27.9 Å². The molecular formula is C21H27F3N6O3. The molecule has 0 atom stereocenters. The highest BCUT2D eigenvalue weighted by Crippen LogP contribution is 2.24. The van der Waals surface area contributed by atoms with Gasteiger partial charge in [0.15, 0.2) is 0 Å². The van der Waals surface area contributed by atoms with E-state index < -0.39 is 12.1 Å². The van der Waals surface area contributed by atoms with Crippen molar-refractivity contribution in [3.63, 3.8) is 0 Å². The van der Waals surface area contributed by atoms with Crippen LogP contribution in [0.25, 0.3) is 0 Å². The van der Waals surface area contributed by atoms with Crippen molar-refractivity contribution in [1.29, 1.82) is 0 Å². The molecule has 0 bridgehead atoms. The third kappa shape index (κ3) is 6.77. The second-order valence-corrected chi connectivity index (χ2v) is 7.47. The first kappa shape index (κ1) is 25.8. The van der Waals surface area contributed by atoms with Gasteiger partial charge in [-0.3, -0.25) is 4.79 Å². The maximum Gasteiger partial charge on any atom is 0.490 e. The number of halogens is 3. The number of carbonyl (C=O) groups excluding carboxylic acids is 1. The molecular weight excluding hydrogens is 441 g/mol. The van der Waals surface area contributed by atoms with Crippen molar-refractivity contribution in [3.8, 4) is 0 Å². The van der Waals surface area contributed by atoms with Crippen LogP contribution in [0, 0.1) is 0 Å². The van der Waals surface area contributed by atoms with Crippen molar-refractivity contribution in [2.45, 2.75) is 32.4 Å². The molecule has 33 heavy (non-hydrogen) atoms. The van der Waals surface area contributed by atoms with Gasteiger partial charge in [0, 0.05) is 58.7 Å². The van der Waals surface area contributed by atoms with E-state index >= 15 is 0 Å². The topological polar surface area (TPSA) is 112 Å². The van der Waals surface area contributed by atoms with Crippen molar-refractivity contribution in [1.82, 2.24) is 20.3 Å². The van der Waals surface area contributed by atoms with Crippen LogP contribution in [0.5, 0.6) is 0 Å². The van der Waals surface area contributed by atoms with Crippen molar-refractivity contribution in [2.24, 2.45) is 0 Å². The number of aromatic nitrogens is 3. The summed E-state index contributed by atoms with van der Waals surface area (Å²) in [5.41, 5.74) is 3.93. The number of aliphatic carboxylic acids is 1. The number of fused-ring (bicyclic) bond motifs is 1. The first-order valence-corrected chi connectivity index (χ1v) is 10.3. The molecule has 1 aliphatic heterocycles. The average molecular weight is 468 g/mol. The lowest BCUT2D eigenvalue weighted by Crippen LogP contribution is -2.27. The number of carboxylic acid groups (broad SMARTS) is 1. The molecule has 3 rings (SSSR count). The Balaban J connectivity index is 0.000000479. The molecule has 3 heterocycles. The maximum absolute atomic E-state index is 12.2. The van der Waals surface area contributed by atoms with Crippen LogP contribution in [0.3, 0.4) is 0 Å². The van der Waals surface area contributed by atoms with Gasteiger partial charge in [-0.05, 0) is 30.0 Å². The number of pyridine rings is 1. The van der Waals surface area contributed by atoms with E-state index in [0.717, 1.165) is 55.1 Å². The maximum atomic E-state index is 12.2. The predicted molar refractivity (Wildman–Crippen MR) is 117 cm³/mol. The largest absolute Gasteiger partial charge is 0.490 e. The Kier molecular flexibility index (Phi) is 8.55. The Morgan fingerprint density at radius 3 is 2.24 bits per heavy atom. The van der Waals surface area contributed by atoms with Gasteiger partial charge in [-0.1, -0.05) is 6.92 Å². The Morgan fingerprint density at radius 1 is 1.18 bits per heavy atom. The zero-order chi connectivity index (χ0) is 24.8. The number of carbonyl (C=O) groups is 2. The van der Waals surface area contributed by atoms with Crippen LogP contribution in [-0.4, -0.2) is 72.3 Å². The summed E-state index contributed by atoms with van der Waals surface area (Å²) < 4.78 is 31.7. The van der Waals surface area contributed by atoms with Gasteiger partial charge in [0.1, 0.15) is 5.82 Å². The summed E-state index contributed by atoms with van der Waals surface area (Å²) in [7, 11) is 5.47. The summed E-state index contributed by atoms with van der Waals surface area (Å²) in [6.45, 7) is 3.73. The predicted octanol–water partition coefficient (Wildman–Crippen LogP) is 2.10. The number of anilines is 2. The van der Waals surface area contributed by atoms with Crippen LogP contribution >= 0.6 is 0 Å². The fourth-order valence-corrected chi connectivity index (χ4v) is 3.16. The average Bonchev–Trinajstić information content (AvgIpc) is 2.99. The normalized spacial score (nSPS) is 13.2. The molecule has 0 saturated carbocycles. The van der Waals surface area contributed by atoms with Crippen LogP contribution in [-0.2, 0) is 24.1 Å². The van der Waals surface area contributed by atoms with E-state index in [1.165, 1.54) is 0 Å². The van der Waals surface area contributed by atoms with Crippen LogP contribution in [0.4, 0.5) is 24.9 Å². The minimum atomic E-state index is -5.08. The van der Waals surface area contributed by atoms with Gasteiger partial charge < -0.3 is 20.2 Å². The number of rotatable bonds is 4. The Hall–Kier alpha value is -3.44. The molecule has 12 heteroatoms. The van der Waals surface area contributed by atoms with E-state index in [9.17, 15) is 18.0 Å². The summed E-state index contributed by atoms with van der Waals surface area (Å²) in [5, 5.41) is 9.83. The molecule has 9 nitrogen and oxygen atoms in total. The molecule has 2 aromatic rings. The molecule has 0 spiro atoms. The summed E-state index contributed by atoms with van der Waals surface area (Å²) in [4.78, 5) is 39.0. The lowest BCUT2D eigenvalue weighted by Gasteiger charge is -2.19. The zero-order valence-corrected chi connectivity index (χ0v) is 18.9. The summed E-state index contributed by atoms with van der Waals surface area (Å²) >= 11 is 0. The fraction of sp³-hybridized carbons (Fsp3) is 0.476. The van der Waals surface area contributed by atoms with E-state index in [1.807, 2.05) is 37.5 Å². The standard InChI is InChI=1S/C19H26N6O.C2HF3O2/c1-5-13-11-21-19(22-12-13)25-8-6-14-10-15(18(26)20-2)17(24(3)4)23-16(14)7-9-25;3-2(4,5)1(6)7/h10-12H,5-9H2,1-4H3,(H,20,26);(H,6,7). The van der Waals surface area contributed by atoms with Gasteiger partial charge in [0.05, 0.1) is 5.56 Å². The number of aryl methyl sites for hydroxylation is 1. The van der Waals surface area contributed by atoms with E-state index in [2.05, 4.69) is 27.1 Å². The molecule has 1 aliphatic rings. The second-order valence-electron chi connectivity index (χ2n) is 7.47. The Labute approximate surface area is 189 Å². The molecule has 180 valence electrons. The third-order valence-electron chi connectivity index (χ3n) is 4.96. The van der Waals surface area contributed by atoms with E-state index in [1.54, 1.807) is 7.05 Å². The van der Waals surface area contributed by atoms with E-state index in [0.29, 0.717) is 11.4 Å².